The second-order valence-corrected chi connectivity index (χ2v) is 4.50. The van der Waals surface area contributed by atoms with Crippen LogP contribution < -0.4 is 11.1 Å². The maximum Gasteiger partial charge on any atom is 0.251 e. The first-order chi connectivity index (χ1) is 8.54. The van der Waals surface area contributed by atoms with Crippen LogP contribution in [0.2, 0.25) is 0 Å². The van der Waals surface area contributed by atoms with E-state index in [2.05, 4.69) is 24.3 Å². The lowest BCUT2D eigenvalue weighted by molar-refractivity contribution is 0.0952. The highest BCUT2D eigenvalue weighted by Gasteiger charge is 2.07. The van der Waals surface area contributed by atoms with E-state index in [4.69, 9.17) is 10.9 Å². The Balaban J connectivity index is 2.69. The van der Waals surface area contributed by atoms with Gasteiger partial charge in [-0.15, -0.1) is 0 Å². The molecule has 0 heterocycles. The predicted molar refractivity (Wildman–Crippen MR) is 70.7 cm³/mol. The highest BCUT2D eigenvalue weighted by molar-refractivity contribution is 6.01. The van der Waals surface area contributed by atoms with Crippen molar-refractivity contribution in [3.05, 3.63) is 35.4 Å². The van der Waals surface area contributed by atoms with Crippen LogP contribution in [0.4, 0.5) is 0 Å². The van der Waals surface area contributed by atoms with Gasteiger partial charge in [-0.25, -0.2) is 0 Å². The average molecular weight is 249 g/mol. The normalized spacial score (nSPS) is 11.6. The molecule has 1 aromatic rings. The summed E-state index contributed by atoms with van der Waals surface area (Å²) in [5.74, 6) is 0.392. The van der Waals surface area contributed by atoms with Gasteiger partial charge in [-0.2, -0.15) is 0 Å². The quantitative estimate of drug-likeness (QED) is 0.320. The molecule has 5 nitrogen and oxygen atoms in total. The van der Waals surface area contributed by atoms with Crippen LogP contribution in [0.15, 0.2) is 29.4 Å². The maximum atomic E-state index is 11.8. The van der Waals surface area contributed by atoms with E-state index in [0.29, 0.717) is 23.6 Å². The third-order valence-corrected chi connectivity index (χ3v) is 2.54. The number of amidine groups is 1. The minimum absolute atomic E-state index is 0.00756. The van der Waals surface area contributed by atoms with Crippen LogP contribution in [0.1, 0.15) is 36.2 Å². The van der Waals surface area contributed by atoms with Gasteiger partial charge in [0.1, 0.15) is 0 Å². The van der Waals surface area contributed by atoms with Crippen LogP contribution in [0.25, 0.3) is 0 Å². The molecule has 0 spiro atoms. The van der Waals surface area contributed by atoms with Crippen molar-refractivity contribution in [1.29, 1.82) is 0 Å². The topological polar surface area (TPSA) is 87.7 Å². The Morgan fingerprint density at radius 2 is 2.11 bits per heavy atom. The number of nitrogens with two attached hydrogens (primary N) is 1. The molecule has 0 unspecified atom stereocenters. The minimum atomic E-state index is -0.150. The number of amides is 1. The van der Waals surface area contributed by atoms with Gasteiger partial charge in [-0.1, -0.05) is 31.1 Å². The largest absolute Gasteiger partial charge is 0.409 e. The molecule has 0 aromatic heterocycles. The zero-order chi connectivity index (χ0) is 13.5. The molecule has 1 aromatic carbocycles. The first kappa shape index (κ1) is 14.0. The molecule has 98 valence electrons. The Morgan fingerprint density at radius 3 is 2.72 bits per heavy atom. The van der Waals surface area contributed by atoms with Crippen molar-refractivity contribution in [1.82, 2.24) is 5.32 Å². The van der Waals surface area contributed by atoms with E-state index in [1.165, 1.54) is 0 Å². The van der Waals surface area contributed by atoms with Gasteiger partial charge < -0.3 is 16.3 Å². The lowest BCUT2D eigenvalue weighted by atomic mass is 10.1. The number of carbonyl (C=O) groups is 1. The van der Waals surface area contributed by atoms with Gasteiger partial charge in [0.2, 0.25) is 0 Å². The van der Waals surface area contributed by atoms with E-state index in [9.17, 15) is 4.79 Å². The molecule has 0 aliphatic carbocycles. The molecular weight excluding hydrogens is 230 g/mol. The van der Waals surface area contributed by atoms with Crippen molar-refractivity contribution in [2.75, 3.05) is 6.54 Å². The second-order valence-electron chi connectivity index (χ2n) is 4.50. The number of rotatable bonds is 5. The van der Waals surface area contributed by atoms with Crippen LogP contribution in [0, 0.1) is 5.92 Å². The molecule has 0 fully saturated rings. The van der Waals surface area contributed by atoms with Gasteiger partial charge >= 0.3 is 0 Å². The summed E-state index contributed by atoms with van der Waals surface area (Å²) < 4.78 is 0. The van der Waals surface area contributed by atoms with Crippen molar-refractivity contribution >= 4 is 11.7 Å². The average Bonchev–Trinajstić information content (AvgIpc) is 2.37. The van der Waals surface area contributed by atoms with Crippen LogP contribution in [-0.2, 0) is 0 Å². The molecule has 0 saturated heterocycles. The van der Waals surface area contributed by atoms with E-state index in [1.54, 1.807) is 24.3 Å². The first-order valence-corrected chi connectivity index (χ1v) is 5.90. The lowest BCUT2D eigenvalue weighted by Crippen LogP contribution is -2.25. The van der Waals surface area contributed by atoms with E-state index >= 15 is 0 Å². The van der Waals surface area contributed by atoms with Crippen molar-refractivity contribution < 1.29 is 10.0 Å². The van der Waals surface area contributed by atoms with Crippen LogP contribution in [-0.4, -0.2) is 23.5 Å². The van der Waals surface area contributed by atoms with Gasteiger partial charge in [-0.3, -0.25) is 4.79 Å². The predicted octanol–water partition coefficient (Wildman–Crippen LogP) is 1.56. The summed E-state index contributed by atoms with van der Waals surface area (Å²) in [7, 11) is 0. The molecule has 0 aliphatic heterocycles. The Bertz CT molecular complexity index is 442. The van der Waals surface area contributed by atoms with E-state index < -0.39 is 0 Å². The summed E-state index contributed by atoms with van der Waals surface area (Å²) in [4.78, 5) is 11.8. The summed E-state index contributed by atoms with van der Waals surface area (Å²) in [5, 5.41) is 14.3. The van der Waals surface area contributed by atoms with Gasteiger partial charge in [0, 0.05) is 17.7 Å². The summed E-state index contributed by atoms with van der Waals surface area (Å²) in [6, 6.07) is 6.67. The molecule has 1 amide bonds. The Hall–Kier alpha value is -2.04. The number of benzene rings is 1. The monoisotopic (exact) mass is 249 g/mol. The fraction of sp³-hybridized carbons (Fsp3) is 0.385. The number of hydrogen-bond acceptors (Lipinski definition) is 3. The summed E-state index contributed by atoms with van der Waals surface area (Å²) in [6.07, 6.45) is 0.936. The smallest absolute Gasteiger partial charge is 0.251 e. The standard InChI is InChI=1S/C13H19N3O2/c1-9(2)6-7-15-13(17)11-5-3-4-10(8-11)12(14)16-18/h3-5,8-9,18H,6-7H2,1-2H3,(H2,14,16)(H,15,17). The SMILES string of the molecule is CC(C)CCNC(=O)c1cccc(/C(N)=N/O)c1. The number of nitrogens with one attached hydrogen (secondary N) is 1. The first-order valence-electron chi connectivity index (χ1n) is 5.90. The molecule has 5 heteroatoms. The fourth-order valence-electron chi connectivity index (χ4n) is 1.45. The van der Waals surface area contributed by atoms with Gasteiger partial charge in [-0.05, 0) is 24.5 Å². The molecule has 1 rings (SSSR count). The molecule has 4 N–H and O–H groups in total. The number of oxime groups is 1. The summed E-state index contributed by atoms with van der Waals surface area (Å²) in [6.45, 7) is 4.85. The summed E-state index contributed by atoms with van der Waals surface area (Å²) >= 11 is 0. The van der Waals surface area contributed by atoms with Crippen molar-refractivity contribution in [3.63, 3.8) is 0 Å². The summed E-state index contributed by atoms with van der Waals surface area (Å²) in [5.41, 5.74) is 6.50. The van der Waals surface area contributed by atoms with Crippen molar-refractivity contribution in [2.24, 2.45) is 16.8 Å². The molecule has 0 atom stereocenters. The van der Waals surface area contributed by atoms with Crippen molar-refractivity contribution in [2.45, 2.75) is 20.3 Å². The fourth-order valence-corrected chi connectivity index (χ4v) is 1.45. The molecule has 0 bridgehead atoms. The third kappa shape index (κ3) is 4.08. The van der Waals surface area contributed by atoms with Gasteiger partial charge in [0.25, 0.3) is 5.91 Å². The zero-order valence-electron chi connectivity index (χ0n) is 10.7. The van der Waals surface area contributed by atoms with Crippen LogP contribution in [0.3, 0.4) is 0 Å². The molecule has 0 radical (unpaired) electrons. The molecule has 0 aliphatic rings. The molecule has 18 heavy (non-hydrogen) atoms. The zero-order valence-corrected chi connectivity index (χ0v) is 10.7. The van der Waals surface area contributed by atoms with Crippen LogP contribution in [0.5, 0.6) is 0 Å². The number of hydrogen-bond donors (Lipinski definition) is 3. The Morgan fingerprint density at radius 1 is 1.44 bits per heavy atom. The molecular formula is C13H19N3O2. The lowest BCUT2D eigenvalue weighted by Gasteiger charge is -2.08. The highest BCUT2D eigenvalue weighted by Crippen LogP contribution is 2.05. The number of carbonyl (C=O) groups excluding carboxylic acids is 1. The van der Waals surface area contributed by atoms with Crippen molar-refractivity contribution in [3.8, 4) is 0 Å². The maximum absolute atomic E-state index is 11.8. The number of nitrogens with zero attached hydrogens (tertiary/aromatic N) is 1. The Kier molecular flexibility index (Phi) is 5.17. The second kappa shape index (κ2) is 6.64. The van der Waals surface area contributed by atoms with E-state index in [0.717, 1.165) is 6.42 Å². The van der Waals surface area contributed by atoms with E-state index in [1.807, 2.05) is 0 Å². The molecule has 0 saturated carbocycles. The third-order valence-electron chi connectivity index (χ3n) is 2.54. The van der Waals surface area contributed by atoms with Gasteiger partial charge in [0.15, 0.2) is 5.84 Å². The van der Waals surface area contributed by atoms with Crippen LogP contribution >= 0.6 is 0 Å². The van der Waals surface area contributed by atoms with Gasteiger partial charge in [0.05, 0.1) is 0 Å². The minimum Gasteiger partial charge on any atom is -0.409 e. The highest BCUT2D eigenvalue weighted by atomic mass is 16.4. The van der Waals surface area contributed by atoms with E-state index in [-0.39, 0.29) is 11.7 Å². The Labute approximate surface area is 107 Å².